The van der Waals surface area contributed by atoms with Crippen LogP contribution in [0, 0.1) is 0 Å². The molecule has 1 rings (SSSR count). The van der Waals surface area contributed by atoms with Gasteiger partial charge in [-0.05, 0) is 47.5 Å². The number of benzene rings is 1. The number of nitrogens with zero attached hydrogens (tertiary/aromatic N) is 1. The summed E-state index contributed by atoms with van der Waals surface area (Å²) in [7, 11) is 0. The molecule has 110 valence electrons. The molecule has 1 unspecified atom stereocenters. The summed E-state index contributed by atoms with van der Waals surface area (Å²) in [5.41, 5.74) is 0.586. The molecule has 0 saturated heterocycles. The minimum absolute atomic E-state index is 0.156. The molecular formula is C13H16Br2N2O3. The first kappa shape index (κ1) is 17.0. The minimum atomic E-state index is -1.03. The van der Waals surface area contributed by atoms with Crippen LogP contribution < -0.4 is 5.32 Å². The second-order valence-corrected chi connectivity index (χ2v) is 6.10. The van der Waals surface area contributed by atoms with Crippen molar-refractivity contribution in [2.75, 3.05) is 11.9 Å². The van der Waals surface area contributed by atoms with Gasteiger partial charge in [0, 0.05) is 15.0 Å². The first-order valence-corrected chi connectivity index (χ1v) is 7.68. The zero-order valence-electron chi connectivity index (χ0n) is 11.2. The molecule has 0 bridgehead atoms. The summed E-state index contributed by atoms with van der Waals surface area (Å²) >= 11 is 6.67. The number of amides is 2. The first-order valence-electron chi connectivity index (χ1n) is 6.09. The third-order valence-corrected chi connectivity index (χ3v) is 4.04. The maximum atomic E-state index is 12.2. The van der Waals surface area contributed by atoms with Crippen molar-refractivity contribution in [2.45, 2.75) is 26.3 Å². The quantitative estimate of drug-likeness (QED) is 0.776. The lowest BCUT2D eigenvalue weighted by Crippen LogP contribution is -2.44. The SMILES string of the molecule is CCC(C)N(CC(=O)O)C(=O)Nc1cc(Br)ccc1Br. The lowest BCUT2D eigenvalue weighted by Gasteiger charge is -2.27. The zero-order chi connectivity index (χ0) is 15.3. The summed E-state index contributed by atoms with van der Waals surface area (Å²) in [5.74, 6) is -1.03. The zero-order valence-corrected chi connectivity index (χ0v) is 14.4. The molecule has 0 aliphatic carbocycles. The van der Waals surface area contributed by atoms with E-state index in [1.165, 1.54) is 4.90 Å². The van der Waals surface area contributed by atoms with E-state index >= 15 is 0 Å². The molecule has 0 saturated carbocycles. The van der Waals surface area contributed by atoms with Crippen molar-refractivity contribution >= 4 is 49.5 Å². The highest BCUT2D eigenvalue weighted by atomic mass is 79.9. The molecule has 0 heterocycles. The normalized spacial score (nSPS) is 11.8. The van der Waals surface area contributed by atoms with Gasteiger partial charge in [0.25, 0.3) is 0 Å². The van der Waals surface area contributed by atoms with E-state index in [-0.39, 0.29) is 12.6 Å². The smallest absolute Gasteiger partial charge is 0.323 e. The number of urea groups is 1. The average Bonchev–Trinajstić information content (AvgIpc) is 2.39. The van der Waals surface area contributed by atoms with E-state index < -0.39 is 12.0 Å². The highest BCUT2D eigenvalue weighted by molar-refractivity contribution is 9.11. The maximum Gasteiger partial charge on any atom is 0.323 e. The number of anilines is 1. The Bertz CT molecular complexity index is 508. The van der Waals surface area contributed by atoms with E-state index in [4.69, 9.17) is 5.11 Å². The molecule has 0 aliphatic heterocycles. The molecule has 2 N–H and O–H groups in total. The largest absolute Gasteiger partial charge is 0.480 e. The number of carboxylic acid groups (broad SMARTS) is 1. The van der Waals surface area contributed by atoms with Gasteiger partial charge in [0.1, 0.15) is 6.54 Å². The van der Waals surface area contributed by atoms with E-state index in [2.05, 4.69) is 37.2 Å². The van der Waals surface area contributed by atoms with Crippen molar-refractivity contribution in [3.05, 3.63) is 27.1 Å². The van der Waals surface area contributed by atoms with Crippen molar-refractivity contribution < 1.29 is 14.7 Å². The Labute approximate surface area is 134 Å². The van der Waals surface area contributed by atoms with Crippen LogP contribution in [0.15, 0.2) is 27.1 Å². The number of nitrogens with one attached hydrogen (secondary N) is 1. The number of halogens is 2. The molecule has 0 aromatic heterocycles. The van der Waals surface area contributed by atoms with Crippen LogP contribution in [0.2, 0.25) is 0 Å². The Morgan fingerprint density at radius 2 is 2.05 bits per heavy atom. The van der Waals surface area contributed by atoms with Crippen LogP contribution >= 0.6 is 31.9 Å². The Morgan fingerprint density at radius 3 is 2.60 bits per heavy atom. The Balaban J connectivity index is 2.90. The summed E-state index contributed by atoms with van der Waals surface area (Å²) in [4.78, 5) is 24.4. The van der Waals surface area contributed by atoms with E-state index in [1.54, 1.807) is 12.1 Å². The summed E-state index contributed by atoms with van der Waals surface area (Å²) in [5, 5.41) is 11.6. The van der Waals surface area contributed by atoms with E-state index in [9.17, 15) is 9.59 Å². The molecule has 1 atom stereocenters. The molecule has 1 aromatic carbocycles. The second kappa shape index (κ2) is 7.64. The van der Waals surface area contributed by atoms with Gasteiger partial charge in [-0.25, -0.2) is 4.79 Å². The Morgan fingerprint density at radius 1 is 1.40 bits per heavy atom. The van der Waals surface area contributed by atoms with Gasteiger partial charge >= 0.3 is 12.0 Å². The fraction of sp³-hybridized carbons (Fsp3) is 0.385. The van der Waals surface area contributed by atoms with Gasteiger partial charge in [0.2, 0.25) is 0 Å². The highest BCUT2D eigenvalue weighted by Crippen LogP contribution is 2.26. The van der Waals surface area contributed by atoms with Gasteiger partial charge < -0.3 is 15.3 Å². The molecule has 0 fully saturated rings. The lowest BCUT2D eigenvalue weighted by atomic mass is 10.2. The van der Waals surface area contributed by atoms with Gasteiger partial charge in [-0.15, -0.1) is 0 Å². The van der Waals surface area contributed by atoms with Crippen molar-refractivity contribution in [3.8, 4) is 0 Å². The van der Waals surface area contributed by atoms with Crippen molar-refractivity contribution in [3.63, 3.8) is 0 Å². The summed E-state index contributed by atoms with van der Waals surface area (Å²) in [6.45, 7) is 3.40. The topological polar surface area (TPSA) is 69.6 Å². The molecule has 0 radical (unpaired) electrons. The lowest BCUT2D eigenvalue weighted by molar-refractivity contribution is -0.138. The summed E-state index contributed by atoms with van der Waals surface area (Å²) in [6, 6.07) is 4.79. The van der Waals surface area contributed by atoms with Crippen molar-refractivity contribution in [1.29, 1.82) is 0 Å². The third kappa shape index (κ3) is 4.79. The van der Waals surface area contributed by atoms with Crippen LogP contribution in [0.3, 0.4) is 0 Å². The number of hydrogen-bond acceptors (Lipinski definition) is 2. The van der Waals surface area contributed by atoms with Crippen molar-refractivity contribution in [1.82, 2.24) is 4.90 Å². The minimum Gasteiger partial charge on any atom is -0.480 e. The third-order valence-electron chi connectivity index (χ3n) is 2.86. The van der Waals surface area contributed by atoms with Gasteiger partial charge in [0.05, 0.1) is 5.69 Å². The number of hydrogen-bond donors (Lipinski definition) is 2. The summed E-state index contributed by atoms with van der Waals surface area (Å²) in [6.07, 6.45) is 0.681. The first-order chi connectivity index (χ1) is 9.35. The molecular weight excluding hydrogens is 392 g/mol. The Hall–Kier alpha value is -1.08. The van der Waals surface area contributed by atoms with E-state index in [0.717, 1.165) is 8.95 Å². The predicted octanol–water partition coefficient (Wildman–Crippen LogP) is 3.93. The van der Waals surface area contributed by atoms with Gasteiger partial charge in [-0.3, -0.25) is 4.79 Å². The summed E-state index contributed by atoms with van der Waals surface area (Å²) < 4.78 is 1.55. The molecule has 0 spiro atoms. The second-order valence-electron chi connectivity index (χ2n) is 4.33. The molecule has 1 aromatic rings. The van der Waals surface area contributed by atoms with Crippen molar-refractivity contribution in [2.24, 2.45) is 0 Å². The van der Waals surface area contributed by atoms with E-state index in [0.29, 0.717) is 12.1 Å². The average molecular weight is 408 g/mol. The van der Waals surface area contributed by atoms with Crippen LogP contribution in [0.5, 0.6) is 0 Å². The fourth-order valence-corrected chi connectivity index (χ4v) is 2.28. The molecule has 0 aliphatic rings. The van der Waals surface area contributed by atoms with Crippen LogP contribution in [0.4, 0.5) is 10.5 Å². The number of rotatable bonds is 5. The Kier molecular flexibility index (Phi) is 6.48. The molecule has 2 amide bonds. The molecule has 20 heavy (non-hydrogen) atoms. The number of carbonyl (C=O) groups is 2. The highest BCUT2D eigenvalue weighted by Gasteiger charge is 2.22. The standard InChI is InChI=1S/C13H16Br2N2O3/c1-3-8(2)17(7-12(18)19)13(20)16-11-6-9(14)4-5-10(11)15/h4-6,8H,3,7H2,1-2H3,(H,16,20)(H,18,19). The van der Waals surface area contributed by atoms with Crippen LogP contribution in [-0.4, -0.2) is 34.6 Å². The van der Waals surface area contributed by atoms with Gasteiger partial charge in [0.15, 0.2) is 0 Å². The van der Waals surface area contributed by atoms with Crippen LogP contribution in [0.1, 0.15) is 20.3 Å². The number of carboxylic acids is 1. The molecule has 7 heteroatoms. The van der Waals surface area contributed by atoms with Gasteiger partial charge in [-0.1, -0.05) is 22.9 Å². The monoisotopic (exact) mass is 406 g/mol. The van der Waals surface area contributed by atoms with Gasteiger partial charge in [-0.2, -0.15) is 0 Å². The van der Waals surface area contributed by atoms with E-state index in [1.807, 2.05) is 19.9 Å². The molecule has 5 nitrogen and oxygen atoms in total. The fourth-order valence-electron chi connectivity index (χ4n) is 1.57. The van der Waals surface area contributed by atoms with Crippen LogP contribution in [0.25, 0.3) is 0 Å². The predicted molar refractivity (Wildman–Crippen MR) is 85.0 cm³/mol. The maximum absolute atomic E-state index is 12.2. The number of carbonyl (C=O) groups excluding carboxylic acids is 1. The van der Waals surface area contributed by atoms with Crippen LogP contribution in [-0.2, 0) is 4.79 Å². The number of aliphatic carboxylic acids is 1.